The second-order valence-electron chi connectivity index (χ2n) is 5.43. The van der Waals surface area contributed by atoms with Crippen LogP contribution in [0.4, 0.5) is 0 Å². The molecule has 0 aliphatic rings. The predicted octanol–water partition coefficient (Wildman–Crippen LogP) is 4.72. The molecule has 2 aromatic carbocycles. The first-order chi connectivity index (χ1) is 11.7. The van der Waals surface area contributed by atoms with Gasteiger partial charge < -0.3 is 0 Å². The molecular formula is C18H13ClN4S. The van der Waals surface area contributed by atoms with Gasteiger partial charge in [-0.25, -0.2) is 0 Å². The van der Waals surface area contributed by atoms with E-state index < -0.39 is 0 Å². The van der Waals surface area contributed by atoms with Crippen LogP contribution in [0, 0.1) is 4.77 Å². The standard InChI is InChI=1S/C18H13ClN4S/c19-13-8-6-12(7-9-13)11-17-21-22-18(24)23(17)16-5-1-4-15-14(16)3-2-10-20-15/h1-10H,11H2,(H,22,24). The Bertz CT molecular complexity index is 1060. The second kappa shape index (κ2) is 6.19. The lowest BCUT2D eigenvalue weighted by atomic mass is 10.1. The van der Waals surface area contributed by atoms with E-state index in [1.54, 1.807) is 6.20 Å². The van der Waals surface area contributed by atoms with E-state index in [1.165, 1.54) is 0 Å². The Labute approximate surface area is 148 Å². The normalized spacial score (nSPS) is 11.0. The van der Waals surface area contributed by atoms with E-state index >= 15 is 0 Å². The fourth-order valence-corrected chi connectivity index (χ4v) is 3.14. The summed E-state index contributed by atoms with van der Waals surface area (Å²) in [6.45, 7) is 0. The molecule has 4 rings (SSSR count). The molecular weight excluding hydrogens is 340 g/mol. The number of hydrogen-bond donors (Lipinski definition) is 1. The number of halogens is 1. The highest BCUT2D eigenvalue weighted by Crippen LogP contribution is 2.23. The molecule has 24 heavy (non-hydrogen) atoms. The third kappa shape index (κ3) is 2.72. The molecule has 118 valence electrons. The smallest absolute Gasteiger partial charge is 0.199 e. The van der Waals surface area contributed by atoms with Crippen LogP contribution >= 0.6 is 23.8 Å². The Morgan fingerprint density at radius 2 is 1.88 bits per heavy atom. The largest absolute Gasteiger partial charge is 0.271 e. The Morgan fingerprint density at radius 3 is 2.71 bits per heavy atom. The fourth-order valence-electron chi connectivity index (χ4n) is 2.76. The van der Waals surface area contributed by atoms with Gasteiger partial charge in [0.25, 0.3) is 0 Å². The Hall–Kier alpha value is -2.50. The van der Waals surface area contributed by atoms with Crippen LogP contribution in [0.25, 0.3) is 16.6 Å². The van der Waals surface area contributed by atoms with Crippen LogP contribution in [0.3, 0.4) is 0 Å². The van der Waals surface area contributed by atoms with Crippen molar-refractivity contribution in [2.45, 2.75) is 6.42 Å². The number of pyridine rings is 1. The molecule has 0 atom stereocenters. The molecule has 4 nitrogen and oxygen atoms in total. The van der Waals surface area contributed by atoms with Gasteiger partial charge >= 0.3 is 0 Å². The van der Waals surface area contributed by atoms with Gasteiger partial charge in [-0.1, -0.05) is 29.8 Å². The molecule has 1 N–H and O–H groups in total. The number of nitrogens with one attached hydrogen (secondary N) is 1. The van der Waals surface area contributed by atoms with Crippen molar-refractivity contribution < 1.29 is 0 Å². The molecule has 0 aliphatic carbocycles. The Balaban J connectivity index is 1.85. The number of H-pyrrole nitrogens is 1. The van der Waals surface area contributed by atoms with Crippen LogP contribution in [0.5, 0.6) is 0 Å². The number of nitrogens with zero attached hydrogens (tertiary/aromatic N) is 3. The fraction of sp³-hybridized carbons (Fsp3) is 0.0556. The first-order valence-electron chi connectivity index (χ1n) is 7.47. The monoisotopic (exact) mass is 352 g/mol. The number of rotatable bonds is 3. The van der Waals surface area contributed by atoms with Gasteiger partial charge in [0.15, 0.2) is 4.77 Å². The number of benzene rings is 2. The quantitative estimate of drug-likeness (QED) is 0.542. The van der Waals surface area contributed by atoms with Crippen molar-refractivity contribution >= 4 is 34.7 Å². The van der Waals surface area contributed by atoms with Gasteiger partial charge in [0.2, 0.25) is 0 Å². The van der Waals surface area contributed by atoms with Crippen LogP contribution < -0.4 is 0 Å². The molecule has 4 aromatic rings. The minimum Gasteiger partial charge on any atom is -0.271 e. The van der Waals surface area contributed by atoms with Gasteiger partial charge in [0.1, 0.15) is 5.82 Å². The number of fused-ring (bicyclic) bond motifs is 1. The molecule has 2 aromatic heterocycles. The highest BCUT2D eigenvalue weighted by Gasteiger charge is 2.12. The molecule has 0 bridgehead atoms. The van der Waals surface area contributed by atoms with Crippen molar-refractivity contribution in [1.29, 1.82) is 0 Å². The molecule has 0 spiro atoms. The summed E-state index contributed by atoms with van der Waals surface area (Å²) in [4.78, 5) is 4.41. The highest BCUT2D eigenvalue weighted by atomic mass is 35.5. The van der Waals surface area contributed by atoms with E-state index in [2.05, 4.69) is 15.2 Å². The van der Waals surface area contributed by atoms with Crippen LogP contribution in [-0.4, -0.2) is 19.7 Å². The predicted molar refractivity (Wildman–Crippen MR) is 98.3 cm³/mol. The lowest BCUT2D eigenvalue weighted by Crippen LogP contribution is -2.03. The average Bonchev–Trinajstić information content (AvgIpc) is 2.97. The summed E-state index contributed by atoms with van der Waals surface area (Å²) in [5.41, 5.74) is 3.02. The molecule has 2 heterocycles. The van der Waals surface area contributed by atoms with E-state index in [9.17, 15) is 0 Å². The summed E-state index contributed by atoms with van der Waals surface area (Å²) < 4.78 is 2.53. The lowest BCUT2D eigenvalue weighted by molar-refractivity contribution is 0.906. The Morgan fingerprint density at radius 1 is 1.04 bits per heavy atom. The summed E-state index contributed by atoms with van der Waals surface area (Å²) in [6.07, 6.45) is 2.44. The van der Waals surface area contributed by atoms with Crippen molar-refractivity contribution in [3.63, 3.8) is 0 Å². The molecule has 0 amide bonds. The number of hydrogen-bond acceptors (Lipinski definition) is 3. The second-order valence-corrected chi connectivity index (χ2v) is 6.25. The van der Waals surface area contributed by atoms with Crippen molar-refractivity contribution in [1.82, 2.24) is 19.7 Å². The van der Waals surface area contributed by atoms with E-state index in [0.29, 0.717) is 11.2 Å². The maximum absolute atomic E-state index is 5.96. The summed E-state index contributed by atoms with van der Waals surface area (Å²) >= 11 is 11.4. The van der Waals surface area contributed by atoms with Crippen molar-refractivity contribution in [3.05, 3.63) is 82.0 Å². The van der Waals surface area contributed by atoms with Gasteiger partial charge in [-0.05, 0) is 54.2 Å². The highest BCUT2D eigenvalue weighted by molar-refractivity contribution is 7.71. The molecule has 0 radical (unpaired) electrons. The zero-order valence-electron chi connectivity index (χ0n) is 12.6. The number of aromatic nitrogens is 4. The Kier molecular flexibility index (Phi) is 3.88. The average molecular weight is 353 g/mol. The zero-order chi connectivity index (χ0) is 16.5. The summed E-state index contributed by atoms with van der Waals surface area (Å²) in [5, 5.41) is 9.07. The van der Waals surface area contributed by atoms with Gasteiger partial charge in [-0.15, -0.1) is 0 Å². The maximum atomic E-state index is 5.96. The van der Waals surface area contributed by atoms with Crippen LogP contribution in [0.1, 0.15) is 11.4 Å². The van der Waals surface area contributed by atoms with Crippen molar-refractivity contribution in [2.75, 3.05) is 0 Å². The van der Waals surface area contributed by atoms with Gasteiger partial charge in [-0.2, -0.15) is 5.10 Å². The van der Waals surface area contributed by atoms with Gasteiger partial charge in [-0.3, -0.25) is 14.6 Å². The minimum atomic E-state index is 0.565. The third-order valence-electron chi connectivity index (χ3n) is 3.88. The first kappa shape index (κ1) is 15.1. The van der Waals surface area contributed by atoms with Gasteiger partial charge in [0, 0.05) is 23.0 Å². The van der Waals surface area contributed by atoms with Crippen LogP contribution in [0.15, 0.2) is 60.8 Å². The number of aromatic amines is 1. The summed E-state index contributed by atoms with van der Waals surface area (Å²) in [7, 11) is 0. The zero-order valence-corrected chi connectivity index (χ0v) is 14.2. The van der Waals surface area contributed by atoms with Crippen molar-refractivity contribution in [2.24, 2.45) is 0 Å². The summed E-state index contributed by atoms with van der Waals surface area (Å²) in [5.74, 6) is 0.846. The third-order valence-corrected chi connectivity index (χ3v) is 4.41. The van der Waals surface area contributed by atoms with E-state index in [-0.39, 0.29) is 0 Å². The molecule has 0 aliphatic heterocycles. The van der Waals surface area contributed by atoms with Gasteiger partial charge in [0.05, 0.1) is 11.2 Å². The topological polar surface area (TPSA) is 46.5 Å². The maximum Gasteiger partial charge on any atom is 0.199 e. The summed E-state index contributed by atoms with van der Waals surface area (Å²) in [6, 6.07) is 17.7. The molecule has 6 heteroatoms. The molecule has 0 unspecified atom stereocenters. The van der Waals surface area contributed by atoms with E-state index in [0.717, 1.165) is 33.0 Å². The molecule has 0 fully saturated rings. The van der Waals surface area contributed by atoms with E-state index in [4.69, 9.17) is 23.8 Å². The van der Waals surface area contributed by atoms with E-state index in [1.807, 2.05) is 59.2 Å². The first-order valence-corrected chi connectivity index (χ1v) is 8.26. The van der Waals surface area contributed by atoms with Crippen LogP contribution in [-0.2, 0) is 6.42 Å². The van der Waals surface area contributed by atoms with Crippen LogP contribution in [0.2, 0.25) is 5.02 Å². The van der Waals surface area contributed by atoms with Crippen molar-refractivity contribution in [3.8, 4) is 5.69 Å². The minimum absolute atomic E-state index is 0.565. The molecule has 0 saturated carbocycles. The molecule has 0 saturated heterocycles. The lowest BCUT2D eigenvalue weighted by Gasteiger charge is -2.10. The SMILES string of the molecule is S=c1[nH]nc(Cc2ccc(Cl)cc2)n1-c1cccc2ncccc12.